The molecule has 0 rings (SSSR count). The van der Waals surface area contributed by atoms with E-state index in [4.69, 9.17) is 10.2 Å². The van der Waals surface area contributed by atoms with Crippen molar-refractivity contribution in [2.45, 2.75) is 33.2 Å². The minimum absolute atomic E-state index is 0.0960. The molecule has 0 heterocycles. The normalized spacial score (nSPS) is 13.7. The molecular weight excluding hydrogens is 274 g/mol. The Morgan fingerprint density at radius 1 is 1.32 bits per heavy atom. The quantitative estimate of drug-likeness (QED) is 0.488. The molecule has 0 bridgehead atoms. The molecule has 0 aliphatic rings. The van der Waals surface area contributed by atoms with Crippen LogP contribution >= 0.6 is 0 Å². The maximum Gasteiger partial charge on any atom is 0.326 e. The third-order valence-electron chi connectivity index (χ3n) is 2.28. The zero-order chi connectivity index (χ0) is 15.3. The van der Waals surface area contributed by atoms with Crippen molar-refractivity contribution in [1.82, 2.24) is 10.6 Å². The molecule has 0 spiro atoms. The lowest BCUT2D eigenvalue weighted by Gasteiger charge is -2.27. The van der Waals surface area contributed by atoms with Crippen molar-refractivity contribution >= 4 is 22.0 Å². The van der Waals surface area contributed by atoms with Crippen LogP contribution in [0, 0.1) is 5.41 Å². The molecule has 9 heteroatoms. The molecule has 0 radical (unpaired) electrons. The van der Waals surface area contributed by atoms with E-state index in [0.717, 1.165) is 0 Å². The summed E-state index contributed by atoms with van der Waals surface area (Å²) in [4.78, 5) is 22.5. The number of carbonyl (C=O) groups excluding carboxylic acids is 1. The van der Waals surface area contributed by atoms with Crippen LogP contribution in [0.5, 0.6) is 0 Å². The van der Waals surface area contributed by atoms with Gasteiger partial charge < -0.3 is 15.7 Å². The van der Waals surface area contributed by atoms with Crippen LogP contribution in [0.4, 0.5) is 4.79 Å². The zero-order valence-corrected chi connectivity index (χ0v) is 12.1. The Morgan fingerprint density at radius 3 is 2.21 bits per heavy atom. The SMILES string of the molecule is CC(C)(C)[C@H](NC(=O)NCCCS(N)(=O)=O)C(=O)O. The molecule has 8 nitrogen and oxygen atoms in total. The van der Waals surface area contributed by atoms with Gasteiger partial charge in [0.25, 0.3) is 0 Å². The number of urea groups is 1. The second-order valence-electron chi connectivity index (χ2n) is 5.26. The van der Waals surface area contributed by atoms with Gasteiger partial charge in [-0.05, 0) is 11.8 Å². The van der Waals surface area contributed by atoms with Crippen molar-refractivity contribution in [3.63, 3.8) is 0 Å². The Hall–Kier alpha value is -1.35. The van der Waals surface area contributed by atoms with Crippen LogP contribution in [-0.4, -0.2) is 43.9 Å². The van der Waals surface area contributed by atoms with Gasteiger partial charge in [-0.25, -0.2) is 23.1 Å². The van der Waals surface area contributed by atoms with Gasteiger partial charge in [0.15, 0.2) is 0 Å². The number of carboxylic acids is 1. The number of hydrogen-bond acceptors (Lipinski definition) is 4. The Kier molecular flexibility index (Phi) is 6.23. The maximum absolute atomic E-state index is 11.5. The fraction of sp³-hybridized carbons (Fsp3) is 0.800. The summed E-state index contributed by atoms with van der Waals surface area (Å²) in [7, 11) is -3.55. The number of hydrogen-bond donors (Lipinski definition) is 4. The lowest BCUT2D eigenvalue weighted by molar-refractivity contribution is -0.141. The van der Waals surface area contributed by atoms with Gasteiger partial charge in [-0.15, -0.1) is 0 Å². The first-order valence-corrected chi connectivity index (χ1v) is 7.42. The molecule has 0 saturated heterocycles. The highest BCUT2D eigenvalue weighted by Crippen LogP contribution is 2.19. The van der Waals surface area contributed by atoms with Crippen molar-refractivity contribution in [3.8, 4) is 0 Å². The topological polar surface area (TPSA) is 139 Å². The highest BCUT2D eigenvalue weighted by molar-refractivity contribution is 7.89. The summed E-state index contributed by atoms with van der Waals surface area (Å²) in [5.74, 6) is -1.37. The van der Waals surface area contributed by atoms with Gasteiger partial charge in [0.05, 0.1) is 5.75 Å². The van der Waals surface area contributed by atoms with Crippen LogP contribution in [0.25, 0.3) is 0 Å². The number of nitrogens with one attached hydrogen (secondary N) is 2. The van der Waals surface area contributed by atoms with Crippen molar-refractivity contribution in [3.05, 3.63) is 0 Å². The molecule has 0 saturated carbocycles. The van der Waals surface area contributed by atoms with E-state index in [1.165, 1.54) is 0 Å². The molecule has 0 aromatic heterocycles. The lowest BCUT2D eigenvalue weighted by atomic mass is 9.87. The molecule has 1 atom stereocenters. The summed E-state index contributed by atoms with van der Waals surface area (Å²) in [5, 5.41) is 18.5. The van der Waals surface area contributed by atoms with Crippen LogP contribution in [-0.2, 0) is 14.8 Å². The number of rotatable bonds is 6. The average Bonchev–Trinajstić information content (AvgIpc) is 2.17. The molecule has 0 aromatic rings. The molecule has 0 aliphatic carbocycles. The maximum atomic E-state index is 11.5. The number of carbonyl (C=O) groups is 2. The summed E-state index contributed by atoms with van der Waals surface area (Å²) >= 11 is 0. The predicted octanol–water partition coefficient (Wildman–Crippen LogP) is -0.536. The molecule has 0 fully saturated rings. The Balaban J connectivity index is 4.20. The van der Waals surface area contributed by atoms with E-state index >= 15 is 0 Å². The lowest BCUT2D eigenvalue weighted by Crippen LogP contribution is -2.52. The third-order valence-corrected chi connectivity index (χ3v) is 3.14. The molecular formula is C10H21N3O5S. The van der Waals surface area contributed by atoms with Crippen LogP contribution < -0.4 is 15.8 Å². The van der Waals surface area contributed by atoms with Gasteiger partial charge >= 0.3 is 12.0 Å². The van der Waals surface area contributed by atoms with Crippen LogP contribution in [0.1, 0.15) is 27.2 Å². The third kappa shape index (κ3) is 8.38. The Morgan fingerprint density at radius 2 is 1.84 bits per heavy atom. The van der Waals surface area contributed by atoms with Gasteiger partial charge in [-0.1, -0.05) is 20.8 Å². The highest BCUT2D eigenvalue weighted by atomic mass is 32.2. The zero-order valence-electron chi connectivity index (χ0n) is 11.3. The summed E-state index contributed by atoms with van der Waals surface area (Å²) in [6.45, 7) is 5.16. The van der Waals surface area contributed by atoms with Gasteiger partial charge in [-0.2, -0.15) is 0 Å². The second-order valence-corrected chi connectivity index (χ2v) is 6.99. The van der Waals surface area contributed by atoms with Crippen molar-refractivity contribution in [2.75, 3.05) is 12.3 Å². The predicted molar refractivity (Wildman–Crippen MR) is 70.0 cm³/mol. The minimum Gasteiger partial charge on any atom is -0.480 e. The van der Waals surface area contributed by atoms with Crippen molar-refractivity contribution in [2.24, 2.45) is 10.6 Å². The number of aliphatic carboxylic acids is 1. The first-order valence-electron chi connectivity index (χ1n) is 5.71. The number of nitrogens with two attached hydrogens (primary N) is 1. The van der Waals surface area contributed by atoms with E-state index in [0.29, 0.717) is 0 Å². The van der Waals surface area contributed by atoms with Gasteiger partial charge in [0.1, 0.15) is 6.04 Å². The molecule has 0 unspecified atom stereocenters. The smallest absolute Gasteiger partial charge is 0.326 e. The number of amides is 2. The first-order chi connectivity index (χ1) is 8.43. The number of primary sulfonamides is 1. The standard InChI is InChI=1S/C10H21N3O5S/c1-10(2,3)7(8(14)15)13-9(16)12-5-4-6-19(11,17)18/h7H,4-6H2,1-3H3,(H,14,15)(H2,11,17,18)(H2,12,13,16)/t7-/m1/s1. The molecule has 0 aliphatic heterocycles. The van der Waals surface area contributed by atoms with Crippen LogP contribution in [0.3, 0.4) is 0 Å². The summed E-state index contributed by atoms with van der Waals surface area (Å²) in [6.07, 6.45) is 0.166. The monoisotopic (exact) mass is 295 g/mol. The van der Waals surface area contributed by atoms with Gasteiger partial charge in [-0.3, -0.25) is 0 Å². The molecule has 2 amide bonds. The summed E-state index contributed by atoms with van der Waals surface area (Å²) in [6, 6.07) is -1.69. The van der Waals surface area contributed by atoms with E-state index in [1.807, 2.05) is 0 Å². The first kappa shape index (κ1) is 17.6. The molecule has 0 aromatic carbocycles. The van der Waals surface area contributed by atoms with Crippen molar-refractivity contribution in [1.29, 1.82) is 0 Å². The number of sulfonamides is 1. The molecule has 5 N–H and O–H groups in total. The molecule has 19 heavy (non-hydrogen) atoms. The summed E-state index contributed by atoms with van der Waals surface area (Å²) in [5.41, 5.74) is -0.635. The van der Waals surface area contributed by atoms with E-state index in [-0.39, 0.29) is 18.7 Å². The fourth-order valence-corrected chi connectivity index (χ4v) is 1.85. The molecule has 112 valence electrons. The Bertz CT molecular complexity index is 427. The van der Waals surface area contributed by atoms with Gasteiger partial charge in [0, 0.05) is 6.54 Å². The van der Waals surface area contributed by atoms with Crippen molar-refractivity contribution < 1.29 is 23.1 Å². The second kappa shape index (κ2) is 6.71. The Labute approximate surface area is 112 Å². The van der Waals surface area contributed by atoms with E-state index in [2.05, 4.69) is 10.6 Å². The largest absolute Gasteiger partial charge is 0.480 e. The average molecular weight is 295 g/mol. The van der Waals surface area contributed by atoms with Crippen LogP contribution in [0.2, 0.25) is 0 Å². The summed E-state index contributed by atoms with van der Waals surface area (Å²) < 4.78 is 21.3. The number of carboxylic acid groups (broad SMARTS) is 1. The fourth-order valence-electron chi connectivity index (χ4n) is 1.31. The van der Waals surface area contributed by atoms with E-state index in [9.17, 15) is 18.0 Å². The van der Waals surface area contributed by atoms with Gasteiger partial charge in [0.2, 0.25) is 10.0 Å². The minimum atomic E-state index is -3.55. The highest BCUT2D eigenvalue weighted by Gasteiger charge is 2.32. The van der Waals surface area contributed by atoms with Crippen LogP contribution in [0.15, 0.2) is 0 Å². The van der Waals surface area contributed by atoms with E-state index < -0.39 is 33.5 Å². The van der Waals surface area contributed by atoms with E-state index in [1.54, 1.807) is 20.8 Å².